The van der Waals surface area contributed by atoms with E-state index >= 15 is 0 Å². The quantitative estimate of drug-likeness (QED) is 0.0849. The monoisotopic (exact) mass is 944 g/mol. The molecule has 2 amide bonds. The summed E-state index contributed by atoms with van der Waals surface area (Å²) < 4.78 is 85.7. The van der Waals surface area contributed by atoms with Crippen molar-refractivity contribution >= 4 is 59.9 Å². The van der Waals surface area contributed by atoms with Crippen molar-refractivity contribution in [3.63, 3.8) is 0 Å². The first-order valence-electron chi connectivity index (χ1n) is 21.6. The van der Waals surface area contributed by atoms with Gasteiger partial charge in [0.25, 0.3) is 15.9 Å². The number of nitrogens with one attached hydrogen (secondary N) is 2. The van der Waals surface area contributed by atoms with Crippen LogP contribution in [0.15, 0.2) is 58.6 Å². The lowest BCUT2D eigenvalue weighted by Crippen LogP contribution is -2.48. The van der Waals surface area contributed by atoms with Gasteiger partial charge >= 0.3 is 16.1 Å². The van der Waals surface area contributed by atoms with Gasteiger partial charge in [-0.05, 0) is 82.8 Å². The maximum Gasteiger partial charge on any atom is 0.341 e. The molecule has 2 aromatic carbocycles. The van der Waals surface area contributed by atoms with Crippen LogP contribution in [0.2, 0.25) is 36.3 Å². The number of rotatable bonds is 15. The van der Waals surface area contributed by atoms with Gasteiger partial charge in [0.1, 0.15) is 17.2 Å². The summed E-state index contributed by atoms with van der Waals surface area (Å²) in [7, 11) is -13.5. The number of imidazole rings is 1. The molecule has 0 saturated carbocycles. The van der Waals surface area contributed by atoms with E-state index in [1.54, 1.807) is 10.6 Å². The molecule has 0 bridgehead atoms. The van der Waals surface area contributed by atoms with Gasteiger partial charge in [-0.15, -0.1) is 0 Å². The maximum atomic E-state index is 14.7. The van der Waals surface area contributed by atoms with E-state index in [2.05, 4.69) is 102 Å². The first-order chi connectivity index (χ1) is 28.8. The van der Waals surface area contributed by atoms with Crippen LogP contribution in [-0.2, 0) is 33.7 Å². The smallest absolute Gasteiger partial charge is 0.341 e. The van der Waals surface area contributed by atoms with Gasteiger partial charge < -0.3 is 17.8 Å². The highest BCUT2D eigenvalue weighted by atomic mass is 32.2. The van der Waals surface area contributed by atoms with Crippen LogP contribution in [0.25, 0.3) is 11.2 Å². The summed E-state index contributed by atoms with van der Waals surface area (Å²) in [6.07, 6.45) is 0.266. The van der Waals surface area contributed by atoms with Crippen LogP contribution < -0.4 is 14.2 Å². The van der Waals surface area contributed by atoms with Gasteiger partial charge in [0.2, 0.25) is 5.95 Å². The van der Waals surface area contributed by atoms with Gasteiger partial charge in [-0.2, -0.15) is 18.4 Å². The van der Waals surface area contributed by atoms with E-state index in [0.29, 0.717) is 17.5 Å². The Labute approximate surface area is 376 Å². The Hall–Kier alpha value is -3.73. The molecular formula is C44H68N6O9S2Si2. The summed E-state index contributed by atoms with van der Waals surface area (Å²) in [4.78, 5) is 26.8. The first kappa shape index (κ1) is 50.3. The number of carbonyl (C=O) groups is 1. The van der Waals surface area contributed by atoms with Gasteiger partial charge in [0, 0.05) is 6.42 Å². The highest BCUT2D eigenvalue weighted by Crippen LogP contribution is 2.44. The first-order valence-corrected chi connectivity index (χ1v) is 30.3. The largest absolute Gasteiger partial charge is 0.414 e. The molecule has 348 valence electrons. The van der Waals surface area contributed by atoms with Gasteiger partial charge in [-0.3, -0.25) is 9.88 Å². The predicted molar refractivity (Wildman–Crippen MR) is 251 cm³/mol. The average molecular weight is 945 g/mol. The number of sulfonamides is 1. The number of amides is 2. The molecule has 3 heterocycles. The fourth-order valence-electron chi connectivity index (χ4n) is 6.65. The van der Waals surface area contributed by atoms with Crippen LogP contribution in [0, 0.1) is 0 Å². The highest BCUT2D eigenvalue weighted by Gasteiger charge is 2.47. The minimum Gasteiger partial charge on any atom is -0.414 e. The molecule has 2 N–H and O–H groups in total. The number of ether oxygens (including phenoxy) is 1. The van der Waals surface area contributed by atoms with E-state index in [0.717, 1.165) is 5.56 Å². The van der Waals surface area contributed by atoms with Crippen LogP contribution >= 0.6 is 0 Å². The zero-order valence-corrected chi connectivity index (χ0v) is 43.4. The Kier molecular flexibility index (Phi) is 14.6. The van der Waals surface area contributed by atoms with Crippen molar-refractivity contribution < 1.29 is 39.4 Å². The van der Waals surface area contributed by atoms with Crippen molar-refractivity contribution in [2.45, 2.75) is 172 Å². The number of benzene rings is 2. The van der Waals surface area contributed by atoms with Crippen LogP contribution in [0.1, 0.15) is 130 Å². The van der Waals surface area contributed by atoms with E-state index in [4.69, 9.17) is 17.8 Å². The van der Waals surface area contributed by atoms with Gasteiger partial charge in [-0.1, -0.05) is 113 Å². The summed E-state index contributed by atoms with van der Waals surface area (Å²) in [6, 6.07) is 9.99. The van der Waals surface area contributed by atoms with Crippen LogP contribution in [0.4, 0.5) is 10.7 Å². The minimum absolute atomic E-state index is 0.0242. The van der Waals surface area contributed by atoms with Crippen molar-refractivity contribution in [1.29, 1.82) is 0 Å². The Bertz CT molecular complexity index is 2490. The van der Waals surface area contributed by atoms with Gasteiger partial charge in [0.05, 0.1) is 23.9 Å². The van der Waals surface area contributed by atoms with Gasteiger partial charge in [0.15, 0.2) is 27.8 Å². The molecule has 1 aliphatic rings. The average Bonchev–Trinajstić information content (AvgIpc) is 3.76. The number of hydrogen-bond acceptors (Lipinski definition) is 12. The number of nitrogens with zero attached hydrogens (tertiary/aromatic N) is 4. The molecule has 15 nitrogen and oxygen atoms in total. The molecule has 0 spiro atoms. The second-order valence-electron chi connectivity index (χ2n) is 20.4. The second kappa shape index (κ2) is 18.3. The van der Waals surface area contributed by atoms with Crippen LogP contribution in [0.3, 0.4) is 0 Å². The molecule has 4 aromatic rings. The fraction of sp³-hybridized carbons (Fsp3) is 0.591. The number of carbonyl (C=O) groups excluding carboxylic acids is 1. The number of hydrogen-bond donors (Lipinski definition) is 2. The van der Waals surface area contributed by atoms with Gasteiger partial charge in [-0.25, -0.2) is 22.9 Å². The summed E-state index contributed by atoms with van der Waals surface area (Å²) in [5.74, 6) is -1.16. The third kappa shape index (κ3) is 11.2. The molecule has 63 heavy (non-hydrogen) atoms. The summed E-state index contributed by atoms with van der Waals surface area (Å²) in [6.45, 7) is 33.9. The van der Waals surface area contributed by atoms with E-state index in [9.17, 15) is 21.6 Å². The molecule has 2 aromatic heterocycles. The number of aromatic nitrogens is 4. The Morgan fingerprint density at radius 3 is 1.95 bits per heavy atom. The number of urea groups is 1. The van der Waals surface area contributed by atoms with Crippen molar-refractivity contribution in [2.75, 3.05) is 11.9 Å². The molecule has 5 rings (SSSR count). The SMILES string of the molecule is CC(C)c1cc(C(C)C)c(S(=O)(=O)Oc2nc(NC(=O)NS(=O)(=O)c3ccccc3)nc3c2ncn3[C@H]2C[C@H](O[Si](C)(C)C(C)(C)C)[C@@H](CO[Si](C)(C)C(C)(C)C)O2)c(C(C)C)c1. The molecule has 0 unspecified atom stereocenters. The normalized spacial score (nSPS) is 18.2. The molecule has 0 aliphatic carbocycles. The third-order valence-electron chi connectivity index (χ3n) is 12.6. The minimum atomic E-state index is -4.63. The lowest BCUT2D eigenvalue weighted by Gasteiger charge is -2.40. The number of anilines is 1. The predicted octanol–water partition coefficient (Wildman–Crippen LogP) is 10.2. The standard InChI is InChI=1S/C44H68N6O9S2Si2/c1-27(2)30-22-32(28(3)4)38(33(23-30)29(5)6)61(54,55)58-40-37-39(46-41(47-40)48-42(51)49-60(52,53)31-20-18-17-19-21-31)50(26-45-37)36-24-34(59-63(15,16)44(10,11)12)35(57-36)25-56-62(13,14)43(7,8)9/h17-23,26-29,34-36H,24-25H2,1-16H3,(H2,46,47,48,49,51)/t34-,35+,36+/m0/s1. The van der Waals surface area contributed by atoms with Crippen molar-refractivity contribution in [3.8, 4) is 5.88 Å². The zero-order chi connectivity index (χ0) is 47.2. The molecule has 1 fully saturated rings. The molecule has 0 radical (unpaired) electrons. The second-order valence-corrected chi connectivity index (χ2v) is 33.2. The van der Waals surface area contributed by atoms with E-state index in [1.807, 2.05) is 44.5 Å². The highest BCUT2D eigenvalue weighted by molar-refractivity contribution is 7.90. The van der Waals surface area contributed by atoms with E-state index in [1.165, 1.54) is 30.6 Å². The van der Waals surface area contributed by atoms with Crippen molar-refractivity contribution in [3.05, 3.63) is 65.5 Å². The Morgan fingerprint density at radius 2 is 1.43 bits per heavy atom. The lowest BCUT2D eigenvalue weighted by molar-refractivity contribution is -0.0383. The summed E-state index contributed by atoms with van der Waals surface area (Å²) in [5, 5.41) is 2.24. The Morgan fingerprint density at radius 1 is 0.857 bits per heavy atom. The van der Waals surface area contributed by atoms with Crippen LogP contribution in [-0.4, -0.2) is 77.8 Å². The van der Waals surface area contributed by atoms with E-state index < -0.39 is 67.0 Å². The summed E-state index contributed by atoms with van der Waals surface area (Å²) in [5.41, 5.74) is 2.21. The topological polar surface area (TPSA) is 190 Å². The third-order valence-corrected chi connectivity index (χ3v) is 24.3. The summed E-state index contributed by atoms with van der Waals surface area (Å²) >= 11 is 0. The molecule has 3 atom stereocenters. The zero-order valence-electron chi connectivity index (χ0n) is 39.8. The molecule has 1 saturated heterocycles. The van der Waals surface area contributed by atoms with E-state index in [-0.39, 0.29) is 61.5 Å². The molecular weight excluding hydrogens is 877 g/mol. The molecule has 19 heteroatoms. The molecule has 1 aliphatic heterocycles. The number of fused-ring (bicyclic) bond motifs is 1. The van der Waals surface area contributed by atoms with Crippen molar-refractivity contribution in [1.82, 2.24) is 24.2 Å². The van der Waals surface area contributed by atoms with Crippen LogP contribution in [0.5, 0.6) is 5.88 Å². The Balaban J connectivity index is 1.63. The maximum absolute atomic E-state index is 14.7. The van der Waals surface area contributed by atoms with Crippen molar-refractivity contribution in [2.24, 2.45) is 0 Å². The fourth-order valence-corrected chi connectivity index (χ4v) is 11.5. The lowest BCUT2D eigenvalue weighted by atomic mass is 9.89.